The number of nitrogens with two attached hydrogens (primary N) is 1. The van der Waals surface area contributed by atoms with Crippen molar-refractivity contribution in [3.63, 3.8) is 0 Å². The second kappa shape index (κ2) is 7.70. The van der Waals surface area contributed by atoms with Crippen LogP contribution >= 0.6 is 23.2 Å². The zero-order valence-corrected chi connectivity index (χ0v) is 15.3. The Bertz CT molecular complexity index is 885. The highest BCUT2D eigenvalue weighted by molar-refractivity contribution is 6.36. The molecular weight excluding hydrogens is 380 g/mol. The van der Waals surface area contributed by atoms with Gasteiger partial charge < -0.3 is 4.74 Å². The lowest BCUT2D eigenvalue weighted by Crippen LogP contribution is -2.17. The molecule has 1 aliphatic rings. The van der Waals surface area contributed by atoms with Crippen molar-refractivity contribution in [2.24, 2.45) is 11.7 Å². The highest BCUT2D eigenvalue weighted by Crippen LogP contribution is 2.36. The lowest BCUT2D eigenvalue weighted by atomic mass is 10.1. The minimum absolute atomic E-state index is 0.0255. The van der Waals surface area contributed by atoms with Crippen molar-refractivity contribution in [2.75, 3.05) is 6.73 Å². The van der Waals surface area contributed by atoms with Crippen molar-refractivity contribution >= 4 is 35.2 Å². The Morgan fingerprint density at radius 1 is 1.38 bits per heavy atom. The number of carbonyl (C=O) groups excluding carboxylic acids is 1. The van der Waals surface area contributed by atoms with E-state index in [1.165, 1.54) is 18.2 Å². The predicted molar refractivity (Wildman–Crippen MR) is 98.4 cm³/mol. The van der Waals surface area contributed by atoms with Gasteiger partial charge in [0, 0.05) is 11.1 Å². The molecule has 0 radical (unpaired) electrons. The summed E-state index contributed by atoms with van der Waals surface area (Å²) in [6, 6.07) is 2.87. The van der Waals surface area contributed by atoms with E-state index in [0.717, 1.165) is 12.8 Å². The van der Waals surface area contributed by atoms with E-state index >= 15 is 0 Å². The summed E-state index contributed by atoms with van der Waals surface area (Å²) in [5.41, 5.74) is 6.70. The number of carbonyl (C=O) groups is 1. The Morgan fingerprint density at radius 2 is 2.12 bits per heavy atom. The summed E-state index contributed by atoms with van der Waals surface area (Å²) in [4.78, 5) is 21.1. The van der Waals surface area contributed by atoms with Crippen LogP contribution in [-0.2, 0) is 11.2 Å². The van der Waals surface area contributed by atoms with Crippen LogP contribution in [0.15, 0.2) is 18.7 Å². The Kier molecular flexibility index (Phi) is 5.55. The Hall–Kier alpha value is -2.02. The van der Waals surface area contributed by atoms with Gasteiger partial charge in [-0.3, -0.25) is 5.73 Å². The molecule has 2 aromatic rings. The Morgan fingerprint density at radius 3 is 2.73 bits per heavy atom. The molecule has 1 heterocycles. The molecule has 5 nitrogen and oxygen atoms in total. The van der Waals surface area contributed by atoms with Gasteiger partial charge in [-0.05, 0) is 37.3 Å². The van der Waals surface area contributed by atoms with E-state index in [2.05, 4.69) is 16.5 Å². The number of rotatable bonds is 6. The number of hydrogen-bond acceptors (Lipinski definition) is 5. The van der Waals surface area contributed by atoms with Crippen LogP contribution in [0.4, 0.5) is 4.39 Å². The molecule has 0 atom stereocenters. The van der Waals surface area contributed by atoms with Crippen LogP contribution < -0.4 is 5.73 Å². The van der Waals surface area contributed by atoms with E-state index in [-0.39, 0.29) is 33.9 Å². The van der Waals surface area contributed by atoms with Gasteiger partial charge in [-0.25, -0.2) is 19.2 Å². The molecule has 1 fully saturated rings. The maximum atomic E-state index is 14.1. The monoisotopic (exact) mass is 395 g/mol. The normalized spacial score (nSPS) is 13.5. The maximum Gasteiger partial charge on any atom is 0.359 e. The van der Waals surface area contributed by atoms with Gasteiger partial charge >= 0.3 is 5.97 Å². The highest BCUT2D eigenvalue weighted by atomic mass is 35.5. The third-order valence-electron chi connectivity index (χ3n) is 4.09. The van der Waals surface area contributed by atoms with E-state index in [1.807, 2.05) is 0 Å². The smallest absolute Gasteiger partial charge is 0.359 e. The first-order valence-corrected chi connectivity index (χ1v) is 8.76. The topological polar surface area (TPSA) is 78.1 Å². The molecule has 0 bridgehead atoms. The molecule has 0 spiro atoms. The van der Waals surface area contributed by atoms with Gasteiger partial charge in [0.2, 0.25) is 0 Å². The summed E-state index contributed by atoms with van der Waals surface area (Å²) < 4.78 is 19.0. The summed E-state index contributed by atoms with van der Waals surface area (Å²) in [5, 5.41) is -0.318. The van der Waals surface area contributed by atoms with Crippen molar-refractivity contribution in [3.8, 4) is 11.4 Å². The van der Waals surface area contributed by atoms with Gasteiger partial charge in [0.25, 0.3) is 0 Å². The average Bonchev–Trinajstić information content (AvgIpc) is 3.43. The molecule has 2 N–H and O–H groups in total. The molecule has 0 saturated heterocycles. The van der Waals surface area contributed by atoms with Gasteiger partial charge in [0.05, 0.1) is 15.7 Å². The Labute approximate surface area is 160 Å². The fourth-order valence-electron chi connectivity index (χ4n) is 2.60. The quantitative estimate of drug-likeness (QED) is 0.449. The molecule has 1 saturated carbocycles. The molecule has 1 aliphatic carbocycles. The zero-order chi connectivity index (χ0) is 18.8. The summed E-state index contributed by atoms with van der Waals surface area (Å²) in [5.74, 6) is -0.853. The SMILES string of the molecule is C=Cc1c(CC2CC2)nc(-c2ccc(Cl)c(F)c2Cl)nc1C(=O)OCN. The van der Waals surface area contributed by atoms with Crippen LogP contribution in [-0.4, -0.2) is 22.7 Å². The number of benzene rings is 1. The van der Waals surface area contributed by atoms with Crippen LogP contribution in [0.25, 0.3) is 17.5 Å². The van der Waals surface area contributed by atoms with E-state index in [9.17, 15) is 9.18 Å². The minimum atomic E-state index is -0.767. The van der Waals surface area contributed by atoms with E-state index < -0.39 is 11.8 Å². The molecule has 0 aliphatic heterocycles. The first kappa shape index (κ1) is 18.8. The third-order valence-corrected chi connectivity index (χ3v) is 4.75. The van der Waals surface area contributed by atoms with Gasteiger partial charge in [-0.1, -0.05) is 35.9 Å². The first-order chi connectivity index (χ1) is 12.5. The second-order valence-corrected chi connectivity index (χ2v) is 6.71. The number of hydrogen-bond donors (Lipinski definition) is 1. The van der Waals surface area contributed by atoms with Crippen LogP contribution in [0.1, 0.15) is 34.6 Å². The molecular formula is C18H16Cl2FN3O2. The van der Waals surface area contributed by atoms with Crippen molar-refractivity contribution in [1.82, 2.24) is 9.97 Å². The molecule has 26 heavy (non-hydrogen) atoms. The van der Waals surface area contributed by atoms with Crippen LogP contribution in [0, 0.1) is 11.7 Å². The number of halogens is 3. The molecule has 1 aromatic heterocycles. The summed E-state index contributed by atoms with van der Waals surface area (Å²) in [6.07, 6.45) is 4.36. The van der Waals surface area contributed by atoms with Gasteiger partial charge in [-0.15, -0.1) is 0 Å². The predicted octanol–water partition coefficient (Wildman–Crippen LogP) is 4.26. The molecule has 0 unspecified atom stereocenters. The van der Waals surface area contributed by atoms with Crippen molar-refractivity contribution < 1.29 is 13.9 Å². The van der Waals surface area contributed by atoms with Gasteiger partial charge in [0.15, 0.2) is 17.3 Å². The maximum absolute atomic E-state index is 14.1. The molecule has 136 valence electrons. The minimum Gasteiger partial charge on any atom is -0.445 e. The van der Waals surface area contributed by atoms with Crippen molar-refractivity contribution in [3.05, 3.63) is 51.5 Å². The van der Waals surface area contributed by atoms with E-state index in [1.54, 1.807) is 0 Å². The van der Waals surface area contributed by atoms with Crippen LogP contribution in [0.2, 0.25) is 10.0 Å². The molecule has 0 amide bonds. The van der Waals surface area contributed by atoms with E-state index in [4.69, 9.17) is 33.7 Å². The van der Waals surface area contributed by atoms with Gasteiger partial charge in [0.1, 0.15) is 6.73 Å². The van der Waals surface area contributed by atoms with Gasteiger partial charge in [-0.2, -0.15) is 0 Å². The highest BCUT2D eigenvalue weighted by Gasteiger charge is 2.27. The summed E-state index contributed by atoms with van der Waals surface area (Å²) in [7, 11) is 0. The molecule has 3 rings (SSSR count). The largest absolute Gasteiger partial charge is 0.445 e. The van der Waals surface area contributed by atoms with Crippen LogP contribution in [0.3, 0.4) is 0 Å². The summed E-state index contributed by atoms with van der Waals surface area (Å²) in [6.45, 7) is 3.46. The fraction of sp³-hybridized carbons (Fsp3) is 0.278. The standard InChI is InChI=1S/C18H16Cl2FN3O2/c1-2-10-13(7-9-3-4-9)23-17(24-16(10)18(25)26-8-22)11-5-6-12(19)15(21)14(11)20/h2,5-6,9H,1,3-4,7-8,22H2. The number of esters is 1. The van der Waals surface area contributed by atoms with E-state index in [0.29, 0.717) is 23.6 Å². The molecule has 1 aromatic carbocycles. The molecule has 8 heteroatoms. The fourth-order valence-corrected chi connectivity index (χ4v) is 3.06. The lowest BCUT2D eigenvalue weighted by molar-refractivity contribution is 0.0508. The summed E-state index contributed by atoms with van der Waals surface area (Å²) >= 11 is 11.8. The number of nitrogens with zero attached hydrogens (tertiary/aromatic N) is 2. The third kappa shape index (κ3) is 3.72. The number of aromatic nitrogens is 2. The van der Waals surface area contributed by atoms with Crippen molar-refractivity contribution in [2.45, 2.75) is 19.3 Å². The Balaban J connectivity index is 2.19. The number of ether oxygens (including phenoxy) is 1. The van der Waals surface area contributed by atoms with Crippen molar-refractivity contribution in [1.29, 1.82) is 0 Å². The lowest BCUT2D eigenvalue weighted by Gasteiger charge is -2.13. The first-order valence-electron chi connectivity index (χ1n) is 8.00. The van der Waals surface area contributed by atoms with Crippen LogP contribution in [0.5, 0.6) is 0 Å². The zero-order valence-electron chi connectivity index (χ0n) is 13.8. The second-order valence-electron chi connectivity index (χ2n) is 5.93. The average molecular weight is 396 g/mol.